The van der Waals surface area contributed by atoms with Crippen LogP contribution in [0.1, 0.15) is 12.7 Å². The van der Waals surface area contributed by atoms with E-state index < -0.39 is 0 Å². The van der Waals surface area contributed by atoms with Crippen molar-refractivity contribution in [1.29, 1.82) is 0 Å². The SMILES string of the molecule is CCn1c(N)cnc1COc1ccccc1OC. The molecule has 0 bridgehead atoms. The lowest BCUT2D eigenvalue weighted by Gasteiger charge is -2.11. The lowest BCUT2D eigenvalue weighted by molar-refractivity contribution is 0.272. The second-order valence-corrected chi connectivity index (χ2v) is 3.78. The monoisotopic (exact) mass is 247 g/mol. The number of imidazole rings is 1. The number of benzene rings is 1. The molecule has 1 heterocycles. The first-order chi connectivity index (χ1) is 8.76. The molecule has 2 rings (SSSR count). The van der Waals surface area contributed by atoms with Gasteiger partial charge in [-0.3, -0.25) is 0 Å². The Kier molecular flexibility index (Phi) is 3.72. The van der Waals surface area contributed by atoms with Gasteiger partial charge in [-0.15, -0.1) is 0 Å². The topological polar surface area (TPSA) is 62.3 Å². The maximum Gasteiger partial charge on any atom is 0.161 e. The van der Waals surface area contributed by atoms with Gasteiger partial charge in [0.05, 0.1) is 13.3 Å². The van der Waals surface area contributed by atoms with Gasteiger partial charge in [-0.05, 0) is 19.1 Å². The van der Waals surface area contributed by atoms with Crippen LogP contribution >= 0.6 is 0 Å². The number of methoxy groups -OCH3 is 1. The summed E-state index contributed by atoms with van der Waals surface area (Å²) < 4.78 is 12.8. The van der Waals surface area contributed by atoms with Gasteiger partial charge in [-0.25, -0.2) is 4.98 Å². The number of hydrogen-bond donors (Lipinski definition) is 1. The fraction of sp³-hybridized carbons (Fsp3) is 0.308. The Balaban J connectivity index is 2.11. The normalized spacial score (nSPS) is 10.3. The van der Waals surface area contributed by atoms with Crippen LogP contribution in [0.2, 0.25) is 0 Å². The van der Waals surface area contributed by atoms with Crippen LogP contribution in [-0.4, -0.2) is 16.7 Å². The molecule has 0 unspecified atom stereocenters. The van der Waals surface area contributed by atoms with Crippen molar-refractivity contribution < 1.29 is 9.47 Å². The third kappa shape index (κ3) is 2.40. The average molecular weight is 247 g/mol. The highest BCUT2D eigenvalue weighted by Crippen LogP contribution is 2.26. The maximum atomic E-state index is 5.80. The molecule has 0 atom stereocenters. The Hall–Kier alpha value is -2.17. The number of hydrogen-bond acceptors (Lipinski definition) is 4. The molecule has 1 aromatic carbocycles. The molecule has 0 amide bonds. The lowest BCUT2D eigenvalue weighted by atomic mass is 10.3. The van der Waals surface area contributed by atoms with Crippen LogP contribution in [0.3, 0.4) is 0 Å². The van der Waals surface area contributed by atoms with Crippen molar-refractivity contribution in [3.05, 3.63) is 36.3 Å². The molecule has 2 N–H and O–H groups in total. The number of aromatic nitrogens is 2. The van der Waals surface area contributed by atoms with Crippen molar-refractivity contribution >= 4 is 5.82 Å². The van der Waals surface area contributed by atoms with Crippen LogP contribution in [0.5, 0.6) is 11.5 Å². The summed E-state index contributed by atoms with van der Waals surface area (Å²) in [5, 5.41) is 0. The number of nitrogens with two attached hydrogens (primary N) is 1. The summed E-state index contributed by atoms with van der Waals surface area (Å²) in [7, 11) is 1.62. The van der Waals surface area contributed by atoms with Crippen LogP contribution in [-0.2, 0) is 13.2 Å². The third-order valence-electron chi connectivity index (χ3n) is 2.71. The molecule has 18 heavy (non-hydrogen) atoms. The van der Waals surface area contributed by atoms with E-state index in [1.54, 1.807) is 13.3 Å². The Morgan fingerprint density at radius 2 is 2.00 bits per heavy atom. The van der Waals surface area contributed by atoms with Gasteiger partial charge in [-0.1, -0.05) is 12.1 Å². The summed E-state index contributed by atoms with van der Waals surface area (Å²) in [5.41, 5.74) is 5.80. The fourth-order valence-electron chi connectivity index (χ4n) is 1.79. The molecule has 2 aromatic rings. The number of para-hydroxylation sites is 2. The van der Waals surface area contributed by atoms with Gasteiger partial charge < -0.3 is 19.8 Å². The average Bonchev–Trinajstić information content (AvgIpc) is 2.77. The number of rotatable bonds is 5. The highest BCUT2D eigenvalue weighted by atomic mass is 16.5. The summed E-state index contributed by atoms with van der Waals surface area (Å²) in [5.74, 6) is 2.86. The number of anilines is 1. The summed E-state index contributed by atoms with van der Waals surface area (Å²) in [6.07, 6.45) is 1.64. The van der Waals surface area contributed by atoms with E-state index >= 15 is 0 Å². The van der Waals surface area contributed by atoms with Gasteiger partial charge >= 0.3 is 0 Å². The van der Waals surface area contributed by atoms with Crippen LogP contribution in [0.15, 0.2) is 30.5 Å². The molecular formula is C13H17N3O2. The Morgan fingerprint density at radius 3 is 2.67 bits per heavy atom. The predicted octanol–water partition coefficient (Wildman–Crippen LogP) is 2.07. The van der Waals surface area contributed by atoms with Crippen molar-refractivity contribution in [2.75, 3.05) is 12.8 Å². The van der Waals surface area contributed by atoms with E-state index in [0.717, 1.165) is 12.4 Å². The molecule has 0 fully saturated rings. The highest BCUT2D eigenvalue weighted by Gasteiger charge is 2.08. The minimum Gasteiger partial charge on any atom is -0.493 e. The standard InChI is InChI=1S/C13H17N3O2/c1-3-16-12(14)8-15-13(16)9-18-11-7-5-4-6-10(11)17-2/h4-8H,3,9,14H2,1-2H3. The zero-order valence-corrected chi connectivity index (χ0v) is 10.6. The smallest absolute Gasteiger partial charge is 0.161 e. The predicted molar refractivity (Wildman–Crippen MR) is 69.6 cm³/mol. The molecule has 1 aromatic heterocycles. The summed E-state index contributed by atoms with van der Waals surface area (Å²) >= 11 is 0. The summed E-state index contributed by atoms with van der Waals surface area (Å²) in [4.78, 5) is 4.23. The van der Waals surface area contributed by atoms with E-state index in [0.29, 0.717) is 23.9 Å². The number of nitrogen functional groups attached to an aromatic ring is 1. The molecular weight excluding hydrogens is 230 g/mol. The van der Waals surface area contributed by atoms with E-state index in [1.165, 1.54) is 0 Å². The van der Waals surface area contributed by atoms with Crippen molar-refractivity contribution in [1.82, 2.24) is 9.55 Å². The summed E-state index contributed by atoms with van der Waals surface area (Å²) in [6, 6.07) is 7.52. The quantitative estimate of drug-likeness (QED) is 0.878. The van der Waals surface area contributed by atoms with E-state index in [2.05, 4.69) is 4.98 Å². The Bertz CT molecular complexity index is 523. The zero-order chi connectivity index (χ0) is 13.0. The minimum absolute atomic E-state index is 0.366. The van der Waals surface area contributed by atoms with E-state index in [-0.39, 0.29) is 0 Å². The summed E-state index contributed by atoms with van der Waals surface area (Å²) in [6.45, 7) is 3.16. The molecule has 0 aliphatic heterocycles. The molecule has 0 radical (unpaired) electrons. The van der Waals surface area contributed by atoms with Gasteiger partial charge in [0.15, 0.2) is 11.5 Å². The van der Waals surface area contributed by atoms with Gasteiger partial charge in [0.1, 0.15) is 18.2 Å². The Morgan fingerprint density at radius 1 is 1.28 bits per heavy atom. The van der Waals surface area contributed by atoms with Crippen molar-refractivity contribution in [3.63, 3.8) is 0 Å². The zero-order valence-electron chi connectivity index (χ0n) is 10.6. The van der Waals surface area contributed by atoms with Gasteiger partial charge in [0.25, 0.3) is 0 Å². The molecule has 5 heteroatoms. The van der Waals surface area contributed by atoms with Crippen LogP contribution < -0.4 is 15.2 Å². The minimum atomic E-state index is 0.366. The second kappa shape index (κ2) is 5.44. The highest BCUT2D eigenvalue weighted by molar-refractivity contribution is 5.39. The van der Waals surface area contributed by atoms with Crippen molar-refractivity contribution in [2.45, 2.75) is 20.1 Å². The number of nitrogens with zero attached hydrogens (tertiary/aromatic N) is 2. The third-order valence-corrected chi connectivity index (χ3v) is 2.71. The first-order valence-corrected chi connectivity index (χ1v) is 5.82. The van der Waals surface area contributed by atoms with Gasteiger partial charge in [-0.2, -0.15) is 0 Å². The maximum absolute atomic E-state index is 5.80. The van der Waals surface area contributed by atoms with Crippen LogP contribution in [0, 0.1) is 0 Å². The van der Waals surface area contributed by atoms with E-state index in [4.69, 9.17) is 15.2 Å². The van der Waals surface area contributed by atoms with Crippen molar-refractivity contribution in [3.8, 4) is 11.5 Å². The van der Waals surface area contributed by atoms with E-state index in [9.17, 15) is 0 Å². The second-order valence-electron chi connectivity index (χ2n) is 3.78. The molecule has 0 aliphatic rings. The molecule has 0 saturated carbocycles. The van der Waals surface area contributed by atoms with Gasteiger partial charge in [0.2, 0.25) is 0 Å². The molecule has 96 valence electrons. The fourth-order valence-corrected chi connectivity index (χ4v) is 1.79. The molecule has 0 saturated heterocycles. The van der Waals surface area contributed by atoms with Gasteiger partial charge in [0, 0.05) is 6.54 Å². The van der Waals surface area contributed by atoms with Crippen LogP contribution in [0.4, 0.5) is 5.82 Å². The first kappa shape index (κ1) is 12.3. The van der Waals surface area contributed by atoms with E-state index in [1.807, 2.05) is 35.8 Å². The molecule has 0 spiro atoms. The number of ether oxygens (including phenoxy) is 2. The molecule has 0 aliphatic carbocycles. The van der Waals surface area contributed by atoms with Crippen LogP contribution in [0.25, 0.3) is 0 Å². The van der Waals surface area contributed by atoms with Crippen molar-refractivity contribution in [2.24, 2.45) is 0 Å². The Labute approximate surface area is 106 Å². The lowest BCUT2D eigenvalue weighted by Crippen LogP contribution is -2.08. The first-order valence-electron chi connectivity index (χ1n) is 5.82. The molecule has 5 nitrogen and oxygen atoms in total. The largest absolute Gasteiger partial charge is 0.493 e.